The maximum atomic E-state index is 13.9. The van der Waals surface area contributed by atoms with E-state index in [0.717, 1.165) is 29.0 Å². The maximum Gasteiger partial charge on any atom is 0.244 e. The summed E-state index contributed by atoms with van der Waals surface area (Å²) in [4.78, 5) is 12.1. The van der Waals surface area contributed by atoms with Crippen LogP contribution in [-0.2, 0) is 21.2 Å². The monoisotopic (exact) mass is 406 g/mol. The second-order valence-electron chi connectivity index (χ2n) is 5.53. The van der Waals surface area contributed by atoms with E-state index in [-0.39, 0.29) is 11.6 Å². The number of nitrogens with zero attached hydrogens (tertiary/aromatic N) is 2. The molecule has 0 saturated heterocycles. The number of hydrogen-bond donors (Lipinski definition) is 2. The molecular weight excluding hydrogens is 391 g/mol. The van der Waals surface area contributed by atoms with Gasteiger partial charge in [-0.2, -0.15) is 4.72 Å². The van der Waals surface area contributed by atoms with Crippen LogP contribution in [0.25, 0.3) is 0 Å². The van der Waals surface area contributed by atoms with E-state index in [9.17, 15) is 17.6 Å². The summed E-state index contributed by atoms with van der Waals surface area (Å²) in [6.45, 7) is 0. The SMILES string of the molecule is O=C(Nc1nncs1)C(Cc1ccccc1)NS(=O)(=O)c1ccccc1F. The number of aromatic nitrogens is 2. The number of carbonyl (C=O) groups excluding carboxylic acids is 1. The van der Waals surface area contributed by atoms with Gasteiger partial charge in [0.25, 0.3) is 0 Å². The molecule has 2 N–H and O–H groups in total. The Morgan fingerprint density at radius 2 is 1.81 bits per heavy atom. The van der Waals surface area contributed by atoms with Crippen molar-refractivity contribution in [2.24, 2.45) is 0 Å². The molecule has 0 bridgehead atoms. The molecule has 0 fully saturated rings. The Morgan fingerprint density at radius 1 is 1.11 bits per heavy atom. The van der Waals surface area contributed by atoms with Crippen molar-refractivity contribution in [3.8, 4) is 0 Å². The number of rotatable bonds is 7. The minimum Gasteiger partial charge on any atom is -0.299 e. The summed E-state index contributed by atoms with van der Waals surface area (Å²) >= 11 is 1.10. The largest absolute Gasteiger partial charge is 0.299 e. The molecule has 1 atom stereocenters. The lowest BCUT2D eigenvalue weighted by Crippen LogP contribution is -2.45. The second kappa shape index (κ2) is 8.33. The molecule has 3 aromatic rings. The van der Waals surface area contributed by atoms with Gasteiger partial charge >= 0.3 is 0 Å². The highest BCUT2D eigenvalue weighted by molar-refractivity contribution is 7.89. The van der Waals surface area contributed by atoms with E-state index in [1.54, 1.807) is 24.3 Å². The normalized spacial score (nSPS) is 12.5. The first-order chi connectivity index (χ1) is 13.0. The Hall–Kier alpha value is -2.69. The summed E-state index contributed by atoms with van der Waals surface area (Å²) in [5, 5.41) is 10.1. The van der Waals surface area contributed by atoms with Gasteiger partial charge in [0.05, 0.1) is 0 Å². The van der Waals surface area contributed by atoms with Gasteiger partial charge in [0.15, 0.2) is 0 Å². The van der Waals surface area contributed by atoms with Crippen molar-refractivity contribution in [3.63, 3.8) is 0 Å². The summed E-state index contributed by atoms with van der Waals surface area (Å²) in [6.07, 6.45) is 0.0825. The molecule has 0 aliphatic heterocycles. The van der Waals surface area contributed by atoms with E-state index in [2.05, 4.69) is 20.2 Å². The van der Waals surface area contributed by atoms with Gasteiger partial charge < -0.3 is 0 Å². The molecule has 3 rings (SSSR count). The topological polar surface area (TPSA) is 101 Å². The number of hydrogen-bond acceptors (Lipinski definition) is 6. The quantitative estimate of drug-likeness (QED) is 0.626. The van der Waals surface area contributed by atoms with Crippen molar-refractivity contribution in [2.45, 2.75) is 17.4 Å². The number of nitrogens with one attached hydrogen (secondary N) is 2. The summed E-state index contributed by atoms with van der Waals surface area (Å²) < 4.78 is 41.4. The molecular formula is C17H15FN4O3S2. The fraction of sp³-hybridized carbons (Fsp3) is 0.118. The third-order valence-corrected chi connectivity index (χ3v) is 5.72. The van der Waals surface area contributed by atoms with E-state index in [0.29, 0.717) is 0 Å². The Kier molecular flexibility index (Phi) is 5.89. The van der Waals surface area contributed by atoms with Crippen molar-refractivity contribution in [1.29, 1.82) is 0 Å². The van der Waals surface area contributed by atoms with Crippen LogP contribution in [0.2, 0.25) is 0 Å². The Morgan fingerprint density at radius 3 is 2.48 bits per heavy atom. The van der Waals surface area contributed by atoms with E-state index >= 15 is 0 Å². The van der Waals surface area contributed by atoms with Crippen LogP contribution in [0.4, 0.5) is 9.52 Å². The molecule has 10 heteroatoms. The third kappa shape index (κ3) is 4.94. The van der Waals surface area contributed by atoms with Gasteiger partial charge in [-0.05, 0) is 24.1 Å². The first-order valence-electron chi connectivity index (χ1n) is 7.83. The standard InChI is InChI=1S/C17H15FN4O3S2/c18-13-8-4-5-9-15(13)27(24,25)22-14(10-12-6-2-1-3-7-12)16(23)20-17-21-19-11-26-17/h1-9,11,14,22H,10H2,(H,20,21,23). The smallest absolute Gasteiger partial charge is 0.244 e. The molecule has 1 amide bonds. The van der Waals surface area contributed by atoms with Crippen molar-refractivity contribution >= 4 is 32.4 Å². The van der Waals surface area contributed by atoms with Crippen LogP contribution in [0.1, 0.15) is 5.56 Å². The fourth-order valence-electron chi connectivity index (χ4n) is 2.37. The van der Waals surface area contributed by atoms with Crippen molar-refractivity contribution in [3.05, 3.63) is 71.5 Å². The molecule has 0 saturated carbocycles. The van der Waals surface area contributed by atoms with Crippen LogP contribution in [0, 0.1) is 5.82 Å². The molecule has 27 heavy (non-hydrogen) atoms. The zero-order valence-electron chi connectivity index (χ0n) is 13.9. The zero-order chi connectivity index (χ0) is 19.3. The fourth-order valence-corrected chi connectivity index (χ4v) is 4.09. The highest BCUT2D eigenvalue weighted by atomic mass is 32.2. The Balaban J connectivity index is 1.87. The maximum absolute atomic E-state index is 13.9. The number of sulfonamides is 1. The summed E-state index contributed by atoms with van der Waals surface area (Å²) in [6, 6.07) is 12.7. The van der Waals surface area contributed by atoms with E-state index in [1.165, 1.54) is 17.6 Å². The molecule has 1 unspecified atom stereocenters. The average Bonchev–Trinajstić information content (AvgIpc) is 3.15. The minimum absolute atomic E-state index is 0.0825. The second-order valence-corrected chi connectivity index (χ2v) is 8.04. The molecule has 0 aliphatic rings. The summed E-state index contributed by atoms with van der Waals surface area (Å²) in [5.74, 6) is -1.51. The Bertz CT molecular complexity index is 1010. The predicted octanol–water partition coefficient (Wildman–Crippen LogP) is 2.21. The lowest BCUT2D eigenvalue weighted by Gasteiger charge is -2.18. The number of amides is 1. The van der Waals surface area contributed by atoms with Crippen LogP contribution in [0.3, 0.4) is 0 Å². The molecule has 140 valence electrons. The van der Waals surface area contributed by atoms with E-state index in [1.807, 2.05) is 6.07 Å². The third-order valence-electron chi connectivity index (χ3n) is 3.61. The van der Waals surface area contributed by atoms with Crippen LogP contribution >= 0.6 is 11.3 Å². The van der Waals surface area contributed by atoms with Crippen molar-refractivity contribution < 1.29 is 17.6 Å². The van der Waals surface area contributed by atoms with Gasteiger partial charge in [0.1, 0.15) is 22.3 Å². The van der Waals surface area contributed by atoms with Crippen molar-refractivity contribution in [2.75, 3.05) is 5.32 Å². The van der Waals surface area contributed by atoms with Crippen LogP contribution < -0.4 is 10.0 Å². The van der Waals surface area contributed by atoms with Crippen LogP contribution in [-0.4, -0.2) is 30.6 Å². The number of benzene rings is 2. The lowest BCUT2D eigenvalue weighted by atomic mass is 10.1. The van der Waals surface area contributed by atoms with Gasteiger partial charge in [0, 0.05) is 0 Å². The number of halogens is 1. The molecule has 0 aliphatic carbocycles. The lowest BCUT2D eigenvalue weighted by molar-refractivity contribution is -0.117. The van der Waals surface area contributed by atoms with Gasteiger partial charge in [-0.1, -0.05) is 53.8 Å². The van der Waals surface area contributed by atoms with Gasteiger partial charge in [-0.15, -0.1) is 10.2 Å². The summed E-state index contributed by atoms with van der Waals surface area (Å²) in [5.41, 5.74) is 2.18. The highest BCUT2D eigenvalue weighted by Gasteiger charge is 2.28. The van der Waals surface area contributed by atoms with E-state index in [4.69, 9.17) is 0 Å². The molecule has 7 nitrogen and oxygen atoms in total. The summed E-state index contributed by atoms with van der Waals surface area (Å²) in [7, 11) is -4.25. The first-order valence-corrected chi connectivity index (χ1v) is 10.2. The van der Waals surface area contributed by atoms with Crippen LogP contribution in [0.15, 0.2) is 65.0 Å². The molecule has 1 aromatic heterocycles. The minimum atomic E-state index is -4.25. The molecule has 1 heterocycles. The average molecular weight is 406 g/mol. The molecule has 0 spiro atoms. The van der Waals surface area contributed by atoms with Crippen molar-refractivity contribution in [1.82, 2.24) is 14.9 Å². The van der Waals surface area contributed by atoms with E-state index < -0.39 is 32.7 Å². The highest BCUT2D eigenvalue weighted by Crippen LogP contribution is 2.16. The Labute approximate surface area is 159 Å². The number of anilines is 1. The molecule has 0 radical (unpaired) electrons. The van der Waals surface area contributed by atoms with Gasteiger partial charge in [-0.3, -0.25) is 10.1 Å². The first kappa shape index (κ1) is 19.1. The van der Waals surface area contributed by atoms with Gasteiger partial charge in [0.2, 0.25) is 21.1 Å². The number of carbonyl (C=O) groups is 1. The van der Waals surface area contributed by atoms with Crippen LogP contribution in [0.5, 0.6) is 0 Å². The molecule has 2 aromatic carbocycles. The predicted molar refractivity (Wildman–Crippen MR) is 99.2 cm³/mol. The zero-order valence-corrected chi connectivity index (χ0v) is 15.5. The van der Waals surface area contributed by atoms with Gasteiger partial charge in [-0.25, -0.2) is 12.8 Å².